The van der Waals surface area contributed by atoms with Crippen molar-refractivity contribution in [2.24, 2.45) is 0 Å². The number of nitrogens with zero attached hydrogens (tertiary/aromatic N) is 1. The zero-order valence-electron chi connectivity index (χ0n) is 12.4. The quantitative estimate of drug-likeness (QED) is 0.835. The van der Waals surface area contributed by atoms with Crippen molar-refractivity contribution in [3.63, 3.8) is 0 Å². The smallest absolute Gasteiger partial charge is 0.257 e. The minimum atomic E-state index is -0.0548. The summed E-state index contributed by atoms with van der Waals surface area (Å²) in [4.78, 5) is 14.3. The minimum absolute atomic E-state index is 0.0548. The predicted molar refractivity (Wildman–Crippen MR) is 87.7 cm³/mol. The van der Waals surface area contributed by atoms with Crippen molar-refractivity contribution in [3.8, 4) is 5.75 Å². The highest BCUT2D eigenvalue weighted by Gasteiger charge is 2.17. The van der Waals surface area contributed by atoms with Crippen LogP contribution in [0.4, 0.5) is 0 Å². The maximum atomic E-state index is 12.6. The first-order chi connectivity index (χ1) is 10.0. The molecule has 2 aromatic carbocycles. The van der Waals surface area contributed by atoms with Crippen molar-refractivity contribution in [3.05, 3.63) is 63.6 Å². The largest absolute Gasteiger partial charge is 0.496 e. The highest BCUT2D eigenvalue weighted by molar-refractivity contribution is 9.10. The van der Waals surface area contributed by atoms with Crippen LogP contribution in [0.5, 0.6) is 5.75 Å². The second-order valence-electron chi connectivity index (χ2n) is 4.99. The first-order valence-corrected chi connectivity index (χ1v) is 7.45. The summed E-state index contributed by atoms with van der Waals surface area (Å²) in [7, 11) is 3.37. The highest BCUT2D eigenvalue weighted by Crippen LogP contribution is 2.25. The number of rotatable bonds is 4. The molecule has 0 spiro atoms. The average Bonchev–Trinajstić information content (AvgIpc) is 2.46. The van der Waals surface area contributed by atoms with E-state index in [4.69, 9.17) is 4.74 Å². The molecular weight excluding hydrogens is 330 g/mol. The molecule has 2 rings (SSSR count). The SMILES string of the molecule is COc1cc(Br)ccc1C(=O)N(C)Cc1cccc(C)c1. The first-order valence-electron chi connectivity index (χ1n) is 6.66. The third-order valence-corrected chi connectivity index (χ3v) is 3.74. The Labute approximate surface area is 133 Å². The Balaban J connectivity index is 2.19. The molecule has 21 heavy (non-hydrogen) atoms. The number of carbonyl (C=O) groups is 1. The van der Waals surface area contributed by atoms with Crippen molar-refractivity contribution in [1.82, 2.24) is 4.90 Å². The summed E-state index contributed by atoms with van der Waals surface area (Å²) in [5.74, 6) is 0.520. The molecule has 0 fully saturated rings. The minimum Gasteiger partial charge on any atom is -0.496 e. The molecule has 0 radical (unpaired) electrons. The molecule has 0 aliphatic heterocycles. The molecule has 110 valence electrons. The predicted octanol–water partition coefficient (Wildman–Crippen LogP) is 4.04. The summed E-state index contributed by atoms with van der Waals surface area (Å²) in [6, 6.07) is 13.6. The maximum Gasteiger partial charge on any atom is 0.257 e. The topological polar surface area (TPSA) is 29.5 Å². The molecule has 1 amide bonds. The van der Waals surface area contributed by atoms with Crippen molar-refractivity contribution in [1.29, 1.82) is 0 Å². The van der Waals surface area contributed by atoms with Gasteiger partial charge in [0.1, 0.15) is 5.75 Å². The number of hydrogen-bond donors (Lipinski definition) is 0. The van der Waals surface area contributed by atoms with Crippen LogP contribution < -0.4 is 4.74 Å². The summed E-state index contributed by atoms with van der Waals surface area (Å²) in [6.07, 6.45) is 0. The lowest BCUT2D eigenvalue weighted by Crippen LogP contribution is -2.26. The molecule has 0 aliphatic rings. The van der Waals surface area contributed by atoms with E-state index in [1.165, 1.54) is 5.56 Å². The molecule has 2 aromatic rings. The van der Waals surface area contributed by atoms with Crippen LogP contribution in [0.25, 0.3) is 0 Å². The number of hydrogen-bond acceptors (Lipinski definition) is 2. The number of benzene rings is 2. The van der Waals surface area contributed by atoms with E-state index in [2.05, 4.69) is 22.0 Å². The second kappa shape index (κ2) is 6.76. The summed E-state index contributed by atoms with van der Waals surface area (Å²) >= 11 is 3.38. The number of carbonyl (C=O) groups excluding carboxylic acids is 1. The van der Waals surface area contributed by atoms with Gasteiger partial charge in [0, 0.05) is 18.1 Å². The van der Waals surface area contributed by atoms with Gasteiger partial charge in [-0.1, -0.05) is 45.8 Å². The molecule has 0 N–H and O–H groups in total. The fraction of sp³-hybridized carbons (Fsp3) is 0.235. The van der Waals surface area contributed by atoms with Crippen LogP contribution in [0.1, 0.15) is 21.5 Å². The van der Waals surface area contributed by atoms with E-state index in [1.807, 2.05) is 31.2 Å². The number of halogens is 1. The average molecular weight is 348 g/mol. The van der Waals surface area contributed by atoms with Gasteiger partial charge in [-0.2, -0.15) is 0 Å². The van der Waals surface area contributed by atoms with Crippen LogP contribution in [0.3, 0.4) is 0 Å². The lowest BCUT2D eigenvalue weighted by Gasteiger charge is -2.19. The Morgan fingerprint density at radius 2 is 2.00 bits per heavy atom. The van der Waals surface area contributed by atoms with E-state index in [0.717, 1.165) is 10.0 Å². The Morgan fingerprint density at radius 1 is 1.24 bits per heavy atom. The fourth-order valence-electron chi connectivity index (χ4n) is 2.20. The van der Waals surface area contributed by atoms with Crippen LogP contribution in [0.15, 0.2) is 46.9 Å². The van der Waals surface area contributed by atoms with E-state index in [9.17, 15) is 4.79 Å². The van der Waals surface area contributed by atoms with Crippen LogP contribution in [-0.2, 0) is 6.54 Å². The van der Waals surface area contributed by atoms with Crippen LogP contribution >= 0.6 is 15.9 Å². The van der Waals surface area contributed by atoms with Crippen molar-refractivity contribution < 1.29 is 9.53 Å². The monoisotopic (exact) mass is 347 g/mol. The summed E-state index contributed by atoms with van der Waals surface area (Å²) in [5.41, 5.74) is 2.87. The number of amides is 1. The number of methoxy groups -OCH3 is 1. The lowest BCUT2D eigenvalue weighted by atomic mass is 10.1. The molecule has 0 atom stereocenters. The second-order valence-corrected chi connectivity index (χ2v) is 5.91. The van der Waals surface area contributed by atoms with Gasteiger partial charge < -0.3 is 9.64 Å². The van der Waals surface area contributed by atoms with Crippen LogP contribution in [-0.4, -0.2) is 25.0 Å². The van der Waals surface area contributed by atoms with E-state index in [0.29, 0.717) is 17.9 Å². The van der Waals surface area contributed by atoms with Gasteiger partial charge in [-0.25, -0.2) is 0 Å². The summed E-state index contributed by atoms with van der Waals surface area (Å²) < 4.78 is 6.18. The van der Waals surface area contributed by atoms with E-state index >= 15 is 0 Å². The lowest BCUT2D eigenvalue weighted by molar-refractivity contribution is 0.0781. The van der Waals surface area contributed by atoms with E-state index < -0.39 is 0 Å². The molecule has 0 aromatic heterocycles. The first kappa shape index (κ1) is 15.6. The van der Waals surface area contributed by atoms with Crippen molar-refractivity contribution in [2.75, 3.05) is 14.2 Å². The number of aryl methyl sites for hydroxylation is 1. The Kier molecular flexibility index (Phi) is 5.02. The van der Waals surface area contributed by atoms with E-state index in [-0.39, 0.29) is 5.91 Å². The van der Waals surface area contributed by atoms with Crippen molar-refractivity contribution >= 4 is 21.8 Å². The molecule has 0 saturated heterocycles. The zero-order chi connectivity index (χ0) is 15.4. The van der Waals surface area contributed by atoms with Gasteiger partial charge in [-0.3, -0.25) is 4.79 Å². The summed E-state index contributed by atoms with van der Waals surface area (Å²) in [5, 5.41) is 0. The molecule has 0 aliphatic carbocycles. The van der Waals surface area contributed by atoms with Crippen molar-refractivity contribution in [2.45, 2.75) is 13.5 Å². The van der Waals surface area contributed by atoms with Gasteiger partial charge in [0.25, 0.3) is 5.91 Å². The Bertz CT molecular complexity index is 655. The fourth-order valence-corrected chi connectivity index (χ4v) is 2.54. The Morgan fingerprint density at radius 3 is 2.67 bits per heavy atom. The van der Waals surface area contributed by atoms with Gasteiger partial charge >= 0.3 is 0 Å². The molecule has 0 heterocycles. The molecule has 0 bridgehead atoms. The summed E-state index contributed by atoms with van der Waals surface area (Å²) in [6.45, 7) is 2.61. The normalized spacial score (nSPS) is 10.3. The third kappa shape index (κ3) is 3.85. The molecule has 0 unspecified atom stereocenters. The molecule has 0 saturated carbocycles. The zero-order valence-corrected chi connectivity index (χ0v) is 14.0. The van der Waals surface area contributed by atoms with Crippen LogP contribution in [0.2, 0.25) is 0 Å². The van der Waals surface area contributed by atoms with Gasteiger partial charge in [0.2, 0.25) is 0 Å². The van der Waals surface area contributed by atoms with Gasteiger partial charge in [0.05, 0.1) is 12.7 Å². The molecule has 3 nitrogen and oxygen atoms in total. The van der Waals surface area contributed by atoms with Crippen LogP contribution in [0, 0.1) is 6.92 Å². The standard InChI is InChI=1S/C17H18BrNO2/c1-12-5-4-6-13(9-12)11-19(2)17(20)15-8-7-14(18)10-16(15)21-3/h4-10H,11H2,1-3H3. The van der Waals surface area contributed by atoms with E-state index in [1.54, 1.807) is 31.2 Å². The van der Waals surface area contributed by atoms with Gasteiger partial charge in [-0.15, -0.1) is 0 Å². The number of ether oxygens (including phenoxy) is 1. The Hall–Kier alpha value is -1.81. The third-order valence-electron chi connectivity index (χ3n) is 3.24. The highest BCUT2D eigenvalue weighted by atomic mass is 79.9. The van der Waals surface area contributed by atoms with Gasteiger partial charge in [0.15, 0.2) is 0 Å². The molecule has 4 heteroatoms. The molecular formula is C17H18BrNO2. The van der Waals surface area contributed by atoms with Gasteiger partial charge in [-0.05, 0) is 30.7 Å². The maximum absolute atomic E-state index is 12.6.